The summed E-state index contributed by atoms with van der Waals surface area (Å²) in [6.07, 6.45) is 12.4. The second kappa shape index (κ2) is 13.9. The Morgan fingerprint density at radius 3 is 1.96 bits per heavy atom. The third-order valence-electron chi connectivity index (χ3n) is 4.71. The van der Waals surface area contributed by atoms with Crippen molar-refractivity contribution in [3.8, 4) is 0 Å². The Hall–Kier alpha value is -1.27. The normalized spacial score (nSPS) is 18.3. The fraction of sp³-hybridized carbons (Fsp3) is 0.850. The molecule has 0 saturated heterocycles. The first-order valence-electron chi connectivity index (χ1n) is 10.2. The zero-order chi connectivity index (χ0) is 19.2. The second-order valence-corrected chi connectivity index (χ2v) is 7.03. The molecular weight excluding hydrogens is 336 g/mol. The Kier molecular flexibility index (Phi) is 12.1. The number of rotatable bonds is 16. The molecule has 2 atom stereocenters. The maximum atomic E-state index is 11.3. The molecule has 0 aromatic heterocycles. The number of aliphatic hydroxyl groups is 3. The van der Waals surface area contributed by atoms with Crippen molar-refractivity contribution in [3.63, 3.8) is 0 Å². The van der Waals surface area contributed by atoms with Crippen LogP contribution in [0.3, 0.4) is 0 Å². The summed E-state index contributed by atoms with van der Waals surface area (Å²) in [6, 6.07) is 0. The van der Waals surface area contributed by atoms with Crippen molar-refractivity contribution in [2.24, 2.45) is 0 Å². The van der Waals surface area contributed by atoms with Crippen molar-refractivity contribution in [1.82, 2.24) is 0 Å². The SMILES string of the molecule is CCCCCCCCCCCCCCOC1=C(O)C(=O)O[C@@H]1[C@@H](O)CO. The molecule has 1 rings (SSSR count). The number of hydrogen-bond donors (Lipinski definition) is 3. The average molecular weight is 373 g/mol. The third kappa shape index (κ3) is 8.41. The molecule has 1 heterocycles. The number of carbonyl (C=O) groups excluding carboxylic acids is 1. The standard InChI is InChI=1S/C20H36O6/c1-2-3-4-5-6-7-8-9-10-11-12-13-14-25-19-17(23)20(24)26-18(19)16(22)15-21/h16,18,21-23H,2-15H2,1H3/t16-,18+/m0/s1. The molecule has 0 fully saturated rings. The van der Waals surface area contributed by atoms with Gasteiger partial charge in [0, 0.05) is 0 Å². The quantitative estimate of drug-likeness (QED) is 0.282. The highest BCUT2D eigenvalue weighted by Crippen LogP contribution is 2.25. The van der Waals surface area contributed by atoms with Crippen LogP contribution in [0.5, 0.6) is 0 Å². The van der Waals surface area contributed by atoms with Gasteiger partial charge in [0.2, 0.25) is 5.76 Å². The van der Waals surface area contributed by atoms with Gasteiger partial charge in [0.05, 0.1) is 13.2 Å². The lowest BCUT2D eigenvalue weighted by Crippen LogP contribution is -2.32. The van der Waals surface area contributed by atoms with E-state index < -0.39 is 30.5 Å². The van der Waals surface area contributed by atoms with E-state index in [0.29, 0.717) is 6.61 Å². The van der Waals surface area contributed by atoms with Gasteiger partial charge in [-0.25, -0.2) is 4.79 Å². The van der Waals surface area contributed by atoms with Gasteiger partial charge in [0.1, 0.15) is 6.10 Å². The van der Waals surface area contributed by atoms with Gasteiger partial charge in [-0.15, -0.1) is 0 Å². The molecule has 0 radical (unpaired) electrons. The largest absolute Gasteiger partial charge is 0.499 e. The maximum Gasteiger partial charge on any atom is 0.378 e. The van der Waals surface area contributed by atoms with Crippen LogP contribution in [-0.2, 0) is 14.3 Å². The molecule has 0 aromatic rings. The van der Waals surface area contributed by atoms with E-state index in [4.69, 9.17) is 14.6 Å². The number of ether oxygens (including phenoxy) is 2. The lowest BCUT2D eigenvalue weighted by atomic mass is 10.1. The molecule has 1 aliphatic heterocycles. The molecular formula is C20H36O6. The molecule has 6 heteroatoms. The molecule has 0 unspecified atom stereocenters. The van der Waals surface area contributed by atoms with Crippen LogP contribution in [0.1, 0.15) is 84.0 Å². The number of carbonyl (C=O) groups is 1. The topological polar surface area (TPSA) is 96.2 Å². The molecule has 26 heavy (non-hydrogen) atoms. The minimum absolute atomic E-state index is 0.0698. The summed E-state index contributed by atoms with van der Waals surface area (Å²) < 4.78 is 10.2. The van der Waals surface area contributed by atoms with Crippen LogP contribution in [0.4, 0.5) is 0 Å². The Bertz CT molecular complexity index is 421. The van der Waals surface area contributed by atoms with E-state index in [1.54, 1.807) is 0 Å². The number of unbranched alkanes of at least 4 members (excludes halogenated alkanes) is 11. The van der Waals surface area contributed by atoms with Gasteiger partial charge in [-0.05, 0) is 6.42 Å². The van der Waals surface area contributed by atoms with E-state index in [2.05, 4.69) is 6.92 Å². The van der Waals surface area contributed by atoms with E-state index in [1.165, 1.54) is 57.8 Å². The molecule has 0 aliphatic carbocycles. The van der Waals surface area contributed by atoms with Crippen molar-refractivity contribution in [2.45, 2.75) is 96.2 Å². The highest BCUT2D eigenvalue weighted by Gasteiger charge is 2.40. The Labute approximate surface area is 157 Å². The highest BCUT2D eigenvalue weighted by atomic mass is 16.6. The van der Waals surface area contributed by atoms with Crippen molar-refractivity contribution < 1.29 is 29.6 Å². The fourth-order valence-electron chi connectivity index (χ4n) is 3.08. The van der Waals surface area contributed by atoms with E-state index in [9.17, 15) is 15.0 Å². The summed E-state index contributed by atoms with van der Waals surface area (Å²) in [5, 5.41) is 28.2. The molecule has 1 aliphatic rings. The van der Waals surface area contributed by atoms with Crippen LogP contribution in [-0.4, -0.2) is 46.7 Å². The minimum atomic E-state index is -1.29. The smallest absolute Gasteiger partial charge is 0.378 e. The van der Waals surface area contributed by atoms with Gasteiger partial charge >= 0.3 is 5.97 Å². The first-order chi connectivity index (χ1) is 12.6. The zero-order valence-corrected chi connectivity index (χ0v) is 16.1. The molecule has 3 N–H and O–H groups in total. The number of aliphatic hydroxyl groups excluding tert-OH is 3. The van der Waals surface area contributed by atoms with Crippen molar-refractivity contribution in [3.05, 3.63) is 11.5 Å². The van der Waals surface area contributed by atoms with Crippen LogP contribution < -0.4 is 0 Å². The van der Waals surface area contributed by atoms with Crippen LogP contribution in [0.2, 0.25) is 0 Å². The van der Waals surface area contributed by atoms with Crippen LogP contribution >= 0.6 is 0 Å². The van der Waals surface area contributed by atoms with Gasteiger partial charge in [-0.3, -0.25) is 0 Å². The summed E-state index contributed by atoms with van der Waals surface area (Å²) in [7, 11) is 0. The Balaban J connectivity index is 2.02. The molecule has 0 amide bonds. The van der Waals surface area contributed by atoms with Crippen LogP contribution in [0, 0.1) is 0 Å². The zero-order valence-electron chi connectivity index (χ0n) is 16.1. The summed E-state index contributed by atoms with van der Waals surface area (Å²) >= 11 is 0. The summed E-state index contributed by atoms with van der Waals surface area (Å²) in [4.78, 5) is 11.3. The Morgan fingerprint density at radius 1 is 0.962 bits per heavy atom. The average Bonchev–Trinajstić information content (AvgIpc) is 2.93. The highest BCUT2D eigenvalue weighted by molar-refractivity contribution is 5.89. The molecule has 0 spiro atoms. The first kappa shape index (κ1) is 22.8. The number of cyclic esters (lactones) is 1. The molecule has 152 valence electrons. The van der Waals surface area contributed by atoms with Gasteiger partial charge in [0.25, 0.3) is 0 Å². The van der Waals surface area contributed by atoms with Crippen LogP contribution in [0.15, 0.2) is 11.5 Å². The van der Waals surface area contributed by atoms with E-state index in [1.807, 2.05) is 0 Å². The van der Waals surface area contributed by atoms with Gasteiger partial charge in [0.15, 0.2) is 11.9 Å². The van der Waals surface area contributed by atoms with Crippen LogP contribution in [0.25, 0.3) is 0 Å². The summed E-state index contributed by atoms with van der Waals surface area (Å²) in [6.45, 7) is 2.02. The lowest BCUT2D eigenvalue weighted by molar-refractivity contribution is -0.148. The minimum Gasteiger partial charge on any atom is -0.499 e. The fourth-order valence-corrected chi connectivity index (χ4v) is 3.08. The third-order valence-corrected chi connectivity index (χ3v) is 4.71. The number of hydrogen-bond acceptors (Lipinski definition) is 6. The predicted octanol–water partition coefficient (Wildman–Crippen LogP) is 3.75. The van der Waals surface area contributed by atoms with Gasteiger partial charge < -0.3 is 24.8 Å². The van der Waals surface area contributed by atoms with Crippen molar-refractivity contribution in [1.29, 1.82) is 0 Å². The maximum absolute atomic E-state index is 11.3. The molecule has 0 saturated carbocycles. The Morgan fingerprint density at radius 2 is 1.46 bits per heavy atom. The van der Waals surface area contributed by atoms with Gasteiger partial charge in [-0.2, -0.15) is 0 Å². The predicted molar refractivity (Wildman–Crippen MR) is 99.7 cm³/mol. The van der Waals surface area contributed by atoms with E-state index >= 15 is 0 Å². The number of esters is 1. The molecule has 0 aromatic carbocycles. The molecule has 0 bridgehead atoms. The monoisotopic (exact) mass is 372 g/mol. The second-order valence-electron chi connectivity index (χ2n) is 7.03. The van der Waals surface area contributed by atoms with Crippen molar-refractivity contribution in [2.75, 3.05) is 13.2 Å². The molecule has 6 nitrogen and oxygen atoms in total. The first-order valence-corrected chi connectivity index (χ1v) is 10.2. The lowest BCUT2D eigenvalue weighted by Gasteiger charge is -2.18. The van der Waals surface area contributed by atoms with E-state index in [0.717, 1.165) is 19.3 Å². The summed E-state index contributed by atoms with van der Waals surface area (Å²) in [5.41, 5.74) is 0. The van der Waals surface area contributed by atoms with Gasteiger partial charge in [-0.1, -0.05) is 77.6 Å². The van der Waals surface area contributed by atoms with Crippen molar-refractivity contribution >= 4 is 5.97 Å². The van der Waals surface area contributed by atoms with E-state index in [-0.39, 0.29) is 5.76 Å². The summed E-state index contributed by atoms with van der Waals surface area (Å²) in [5.74, 6) is -1.60.